The highest BCUT2D eigenvalue weighted by Crippen LogP contribution is 2.07. The van der Waals surface area contributed by atoms with E-state index in [9.17, 15) is 0 Å². The Hall–Kier alpha value is -0.160. The van der Waals surface area contributed by atoms with Crippen molar-refractivity contribution >= 4 is 0 Å². The molecular weight excluding hydrogens is 176 g/mol. The van der Waals surface area contributed by atoms with Crippen LogP contribution in [0.3, 0.4) is 0 Å². The molecule has 0 saturated heterocycles. The van der Waals surface area contributed by atoms with Crippen LogP contribution in [0, 0.1) is 0 Å². The Labute approximate surface area is 88.2 Å². The largest absolute Gasteiger partial charge is 0.316 e. The molecule has 0 fully saturated rings. The summed E-state index contributed by atoms with van der Waals surface area (Å²) >= 11 is 0. The third-order valence-corrected chi connectivity index (χ3v) is 2.77. The van der Waals surface area contributed by atoms with Crippen molar-refractivity contribution in [1.29, 1.82) is 0 Å². The molecule has 0 bridgehead atoms. The molecule has 0 radical (unpaired) electrons. The SMILES string of the molecule is CNC(N)CCNCC(C)(C)N(C)C. The minimum absolute atomic E-state index is 0.102. The van der Waals surface area contributed by atoms with Crippen LogP contribution < -0.4 is 16.4 Å². The van der Waals surface area contributed by atoms with Crippen LogP contribution in [0.15, 0.2) is 0 Å². The van der Waals surface area contributed by atoms with Crippen molar-refractivity contribution in [3.8, 4) is 0 Å². The molecule has 0 aliphatic heterocycles. The Morgan fingerprint density at radius 1 is 1.36 bits per heavy atom. The Kier molecular flexibility index (Phi) is 6.27. The molecule has 1 unspecified atom stereocenters. The highest BCUT2D eigenvalue weighted by Gasteiger charge is 2.19. The zero-order chi connectivity index (χ0) is 11.2. The number of nitrogens with two attached hydrogens (primary N) is 1. The molecule has 0 spiro atoms. The maximum atomic E-state index is 5.72. The molecular formula is C10H26N4. The van der Waals surface area contributed by atoms with Gasteiger partial charge >= 0.3 is 0 Å². The summed E-state index contributed by atoms with van der Waals surface area (Å²) in [6.07, 6.45) is 1.06. The van der Waals surface area contributed by atoms with E-state index in [1.54, 1.807) is 0 Å². The minimum Gasteiger partial charge on any atom is -0.316 e. The number of likely N-dealkylation sites (N-methyl/N-ethyl adjacent to an activating group) is 1. The van der Waals surface area contributed by atoms with Crippen LogP contribution in [0.2, 0.25) is 0 Å². The minimum atomic E-state index is 0.102. The van der Waals surface area contributed by atoms with Gasteiger partial charge < -0.3 is 21.3 Å². The van der Waals surface area contributed by atoms with Gasteiger partial charge in [-0.05, 0) is 48.0 Å². The smallest absolute Gasteiger partial charge is 0.0556 e. The molecule has 14 heavy (non-hydrogen) atoms. The molecule has 0 heterocycles. The van der Waals surface area contributed by atoms with Crippen LogP contribution in [-0.4, -0.2) is 50.8 Å². The van der Waals surface area contributed by atoms with Gasteiger partial charge in [-0.3, -0.25) is 0 Å². The second-order valence-electron chi connectivity index (χ2n) is 4.57. The number of rotatable bonds is 7. The molecule has 4 nitrogen and oxygen atoms in total. The maximum Gasteiger partial charge on any atom is 0.0556 e. The van der Waals surface area contributed by atoms with Crippen molar-refractivity contribution in [2.45, 2.75) is 32.0 Å². The molecule has 0 aromatic carbocycles. The second kappa shape index (κ2) is 6.35. The normalized spacial score (nSPS) is 14.8. The van der Waals surface area contributed by atoms with Crippen molar-refractivity contribution in [3.63, 3.8) is 0 Å². The van der Waals surface area contributed by atoms with Crippen molar-refractivity contribution in [1.82, 2.24) is 15.5 Å². The number of nitrogens with zero attached hydrogens (tertiary/aromatic N) is 1. The highest BCUT2D eigenvalue weighted by atomic mass is 15.2. The summed E-state index contributed by atoms with van der Waals surface area (Å²) in [7, 11) is 6.08. The van der Waals surface area contributed by atoms with Gasteiger partial charge in [-0.25, -0.2) is 0 Å². The van der Waals surface area contributed by atoms with Gasteiger partial charge in [0.1, 0.15) is 0 Å². The average Bonchev–Trinajstić information content (AvgIpc) is 2.11. The first-order valence-corrected chi connectivity index (χ1v) is 5.21. The van der Waals surface area contributed by atoms with Crippen LogP contribution in [0.25, 0.3) is 0 Å². The predicted molar refractivity (Wildman–Crippen MR) is 62.3 cm³/mol. The predicted octanol–water partition coefficient (Wildman–Crippen LogP) is -0.189. The quantitative estimate of drug-likeness (QED) is 0.396. The monoisotopic (exact) mass is 202 g/mol. The van der Waals surface area contributed by atoms with Crippen LogP contribution in [-0.2, 0) is 0 Å². The first kappa shape index (κ1) is 13.8. The first-order chi connectivity index (χ1) is 6.40. The van der Waals surface area contributed by atoms with E-state index in [0.717, 1.165) is 19.5 Å². The summed E-state index contributed by atoms with van der Waals surface area (Å²) in [6.45, 7) is 6.38. The van der Waals surface area contributed by atoms with Crippen molar-refractivity contribution in [3.05, 3.63) is 0 Å². The number of nitrogens with one attached hydrogen (secondary N) is 2. The first-order valence-electron chi connectivity index (χ1n) is 5.21. The Balaban J connectivity index is 3.54. The van der Waals surface area contributed by atoms with Gasteiger partial charge in [0.25, 0.3) is 0 Å². The lowest BCUT2D eigenvalue weighted by atomic mass is 10.0. The molecule has 0 rings (SSSR count). The topological polar surface area (TPSA) is 53.3 Å². The van der Waals surface area contributed by atoms with Gasteiger partial charge in [0, 0.05) is 12.1 Å². The van der Waals surface area contributed by atoms with Crippen molar-refractivity contribution in [2.75, 3.05) is 34.2 Å². The standard InChI is InChI=1S/C10H26N4/c1-10(2,14(4)5)8-13-7-6-9(11)12-3/h9,12-13H,6-8,11H2,1-5H3. The van der Waals surface area contributed by atoms with E-state index in [0.29, 0.717) is 0 Å². The van der Waals surface area contributed by atoms with E-state index in [1.165, 1.54) is 0 Å². The Morgan fingerprint density at radius 2 is 1.93 bits per heavy atom. The summed E-state index contributed by atoms with van der Waals surface area (Å²) in [5, 5.41) is 6.42. The van der Waals surface area contributed by atoms with Crippen LogP contribution >= 0.6 is 0 Å². The van der Waals surface area contributed by atoms with Gasteiger partial charge in [-0.1, -0.05) is 0 Å². The second-order valence-corrected chi connectivity index (χ2v) is 4.57. The molecule has 0 aromatic heterocycles. The molecule has 0 aliphatic rings. The fraction of sp³-hybridized carbons (Fsp3) is 1.00. The molecule has 0 saturated carbocycles. The van der Waals surface area contributed by atoms with E-state index in [4.69, 9.17) is 5.73 Å². The van der Waals surface area contributed by atoms with Gasteiger partial charge in [0.2, 0.25) is 0 Å². The van der Waals surface area contributed by atoms with Gasteiger partial charge in [0.05, 0.1) is 6.17 Å². The van der Waals surface area contributed by atoms with E-state index in [2.05, 4.69) is 43.5 Å². The molecule has 86 valence electrons. The molecule has 4 heteroatoms. The van der Waals surface area contributed by atoms with Gasteiger partial charge in [0.15, 0.2) is 0 Å². The molecule has 1 atom stereocenters. The van der Waals surface area contributed by atoms with Crippen LogP contribution in [0.1, 0.15) is 20.3 Å². The van der Waals surface area contributed by atoms with Crippen LogP contribution in [0.4, 0.5) is 0 Å². The van der Waals surface area contributed by atoms with E-state index >= 15 is 0 Å². The van der Waals surface area contributed by atoms with Crippen LogP contribution in [0.5, 0.6) is 0 Å². The van der Waals surface area contributed by atoms with Gasteiger partial charge in [-0.2, -0.15) is 0 Å². The van der Waals surface area contributed by atoms with Crippen molar-refractivity contribution < 1.29 is 0 Å². The fourth-order valence-corrected chi connectivity index (χ4v) is 0.954. The maximum absolute atomic E-state index is 5.72. The third-order valence-electron chi connectivity index (χ3n) is 2.77. The fourth-order valence-electron chi connectivity index (χ4n) is 0.954. The summed E-state index contributed by atoms with van der Waals surface area (Å²) in [5.41, 5.74) is 5.92. The number of hydrogen-bond donors (Lipinski definition) is 3. The summed E-state index contributed by atoms with van der Waals surface area (Å²) in [5.74, 6) is 0. The molecule has 0 aromatic rings. The Morgan fingerprint density at radius 3 is 2.36 bits per heavy atom. The zero-order valence-corrected chi connectivity index (χ0v) is 10.2. The summed E-state index contributed by atoms with van der Waals surface area (Å²) in [4.78, 5) is 2.22. The summed E-state index contributed by atoms with van der Waals surface area (Å²) < 4.78 is 0. The lowest BCUT2D eigenvalue weighted by molar-refractivity contribution is 0.189. The Bertz CT molecular complexity index is 145. The van der Waals surface area contributed by atoms with E-state index in [1.807, 2.05) is 7.05 Å². The third kappa shape index (κ3) is 5.54. The van der Waals surface area contributed by atoms with E-state index in [-0.39, 0.29) is 11.7 Å². The lowest BCUT2D eigenvalue weighted by Crippen LogP contribution is -2.47. The van der Waals surface area contributed by atoms with E-state index < -0.39 is 0 Å². The molecule has 4 N–H and O–H groups in total. The molecule has 0 aliphatic carbocycles. The number of hydrogen-bond acceptors (Lipinski definition) is 4. The average molecular weight is 202 g/mol. The zero-order valence-electron chi connectivity index (χ0n) is 10.2. The lowest BCUT2D eigenvalue weighted by Gasteiger charge is -2.32. The highest BCUT2D eigenvalue weighted by molar-refractivity contribution is 4.79. The molecule has 0 amide bonds. The summed E-state index contributed by atoms with van der Waals surface area (Å²) in [6, 6.07) is 0. The van der Waals surface area contributed by atoms with Crippen molar-refractivity contribution in [2.24, 2.45) is 5.73 Å². The van der Waals surface area contributed by atoms with Gasteiger partial charge in [-0.15, -0.1) is 0 Å².